The zero-order valence-corrected chi connectivity index (χ0v) is 9.21. The van der Waals surface area contributed by atoms with Crippen LogP contribution in [0.2, 0.25) is 0 Å². The van der Waals surface area contributed by atoms with Gasteiger partial charge in [-0.15, -0.1) is 0 Å². The highest BCUT2D eigenvalue weighted by atomic mass is 16.2. The normalized spacial score (nSPS) is 23.2. The molecular weight excluding hydrogens is 192 g/mol. The Morgan fingerprint density at radius 2 is 2.27 bits per heavy atom. The third kappa shape index (κ3) is 3.50. The van der Waals surface area contributed by atoms with E-state index in [0.717, 1.165) is 13.1 Å². The zero-order valence-electron chi connectivity index (χ0n) is 9.21. The third-order valence-corrected chi connectivity index (χ3v) is 2.33. The number of rotatable bonds is 3. The average molecular weight is 210 g/mol. The lowest BCUT2D eigenvalue weighted by Gasteiger charge is -2.27. The van der Waals surface area contributed by atoms with Crippen molar-refractivity contribution in [3.8, 4) is 6.07 Å². The van der Waals surface area contributed by atoms with Gasteiger partial charge in [0.15, 0.2) is 0 Å². The average Bonchev–Trinajstić information content (AvgIpc) is 2.19. The first-order valence-electron chi connectivity index (χ1n) is 5.29. The monoisotopic (exact) mass is 210 g/mol. The van der Waals surface area contributed by atoms with Crippen molar-refractivity contribution in [1.82, 2.24) is 16.0 Å². The van der Waals surface area contributed by atoms with Crippen LogP contribution in [0.25, 0.3) is 0 Å². The molecule has 1 aliphatic rings. The van der Waals surface area contributed by atoms with E-state index in [4.69, 9.17) is 5.26 Å². The first-order chi connectivity index (χ1) is 7.15. The molecule has 2 atom stereocenters. The number of amides is 1. The molecule has 3 N–H and O–H groups in total. The summed E-state index contributed by atoms with van der Waals surface area (Å²) in [6, 6.07) is 2.06. The van der Waals surface area contributed by atoms with E-state index in [1.165, 1.54) is 0 Å². The molecule has 1 saturated heterocycles. The molecule has 1 rings (SSSR count). The van der Waals surface area contributed by atoms with Gasteiger partial charge in [-0.1, -0.05) is 0 Å². The van der Waals surface area contributed by atoms with Crippen LogP contribution < -0.4 is 16.0 Å². The Bertz CT molecular complexity index is 253. The third-order valence-electron chi connectivity index (χ3n) is 2.33. The van der Waals surface area contributed by atoms with E-state index >= 15 is 0 Å². The minimum atomic E-state index is -0.611. The van der Waals surface area contributed by atoms with Crippen LogP contribution in [0.4, 0.5) is 0 Å². The first-order valence-corrected chi connectivity index (χ1v) is 5.29. The maximum absolute atomic E-state index is 11.7. The second-order valence-electron chi connectivity index (χ2n) is 4.03. The van der Waals surface area contributed by atoms with Crippen molar-refractivity contribution in [1.29, 1.82) is 5.26 Å². The van der Waals surface area contributed by atoms with Crippen LogP contribution in [-0.4, -0.2) is 37.6 Å². The molecule has 0 spiro atoms. The molecule has 0 aromatic rings. The topological polar surface area (TPSA) is 77.0 Å². The Labute approximate surface area is 90.2 Å². The highest BCUT2D eigenvalue weighted by Gasteiger charge is 2.29. The number of hydrogen-bond donors (Lipinski definition) is 3. The second kappa shape index (κ2) is 5.69. The molecule has 1 fully saturated rings. The fourth-order valence-electron chi connectivity index (χ4n) is 1.62. The Kier molecular flexibility index (Phi) is 4.53. The molecule has 5 nitrogen and oxygen atoms in total. The molecule has 0 radical (unpaired) electrons. The van der Waals surface area contributed by atoms with Crippen LogP contribution in [0.15, 0.2) is 0 Å². The number of nitriles is 1. The van der Waals surface area contributed by atoms with Crippen LogP contribution in [0.5, 0.6) is 0 Å². The van der Waals surface area contributed by atoms with Crippen molar-refractivity contribution in [2.75, 3.05) is 19.6 Å². The van der Waals surface area contributed by atoms with Crippen LogP contribution in [0.3, 0.4) is 0 Å². The fourth-order valence-corrected chi connectivity index (χ4v) is 1.62. The highest BCUT2D eigenvalue weighted by Crippen LogP contribution is 2.05. The van der Waals surface area contributed by atoms with Gasteiger partial charge in [0.2, 0.25) is 5.91 Å². The first kappa shape index (κ1) is 12.0. The molecule has 5 heteroatoms. The van der Waals surface area contributed by atoms with Gasteiger partial charge in [-0.25, -0.2) is 0 Å². The van der Waals surface area contributed by atoms with Crippen molar-refractivity contribution in [2.24, 2.45) is 5.92 Å². The maximum atomic E-state index is 11.7. The molecule has 2 unspecified atom stereocenters. The SMILES string of the molecule is CC(C)NC(=O)C(C#N)C1CNCCN1. The predicted octanol–water partition coefficient (Wildman–Crippen LogP) is -0.788. The molecule has 1 aliphatic heterocycles. The zero-order chi connectivity index (χ0) is 11.3. The number of piperazine rings is 1. The summed E-state index contributed by atoms with van der Waals surface area (Å²) in [7, 11) is 0. The molecule has 0 aromatic heterocycles. The molecule has 1 amide bonds. The Morgan fingerprint density at radius 1 is 1.53 bits per heavy atom. The molecule has 84 valence electrons. The van der Waals surface area contributed by atoms with Crippen molar-refractivity contribution in [3.05, 3.63) is 0 Å². The van der Waals surface area contributed by atoms with Gasteiger partial charge >= 0.3 is 0 Å². The molecular formula is C10H18N4O. The summed E-state index contributed by atoms with van der Waals surface area (Å²) in [4.78, 5) is 11.7. The summed E-state index contributed by atoms with van der Waals surface area (Å²) < 4.78 is 0. The van der Waals surface area contributed by atoms with Crippen LogP contribution >= 0.6 is 0 Å². The summed E-state index contributed by atoms with van der Waals surface area (Å²) >= 11 is 0. The van der Waals surface area contributed by atoms with Crippen molar-refractivity contribution < 1.29 is 4.79 Å². The summed E-state index contributed by atoms with van der Waals surface area (Å²) in [6.45, 7) is 6.14. The summed E-state index contributed by atoms with van der Waals surface area (Å²) in [5.41, 5.74) is 0. The summed E-state index contributed by atoms with van der Waals surface area (Å²) in [5.74, 6) is -0.797. The van der Waals surface area contributed by atoms with E-state index in [-0.39, 0.29) is 18.0 Å². The van der Waals surface area contributed by atoms with E-state index in [1.807, 2.05) is 13.8 Å². The summed E-state index contributed by atoms with van der Waals surface area (Å²) in [6.07, 6.45) is 0. The molecule has 0 aliphatic carbocycles. The van der Waals surface area contributed by atoms with Gasteiger partial charge in [0.25, 0.3) is 0 Å². The van der Waals surface area contributed by atoms with Crippen LogP contribution in [0, 0.1) is 17.2 Å². The molecule has 1 heterocycles. The Balaban J connectivity index is 2.54. The van der Waals surface area contributed by atoms with Crippen molar-refractivity contribution in [2.45, 2.75) is 25.9 Å². The highest BCUT2D eigenvalue weighted by molar-refractivity contribution is 5.82. The summed E-state index contributed by atoms with van der Waals surface area (Å²) in [5, 5.41) is 18.1. The Morgan fingerprint density at radius 3 is 2.73 bits per heavy atom. The number of carbonyl (C=O) groups is 1. The van der Waals surface area contributed by atoms with Gasteiger partial charge in [-0.2, -0.15) is 5.26 Å². The number of nitrogens with one attached hydrogen (secondary N) is 3. The quantitative estimate of drug-likeness (QED) is 0.570. The largest absolute Gasteiger partial charge is 0.353 e. The van der Waals surface area contributed by atoms with Crippen molar-refractivity contribution in [3.63, 3.8) is 0 Å². The van der Waals surface area contributed by atoms with E-state index < -0.39 is 5.92 Å². The molecule has 0 bridgehead atoms. The molecule has 15 heavy (non-hydrogen) atoms. The number of carbonyl (C=O) groups excluding carboxylic acids is 1. The lowest BCUT2D eigenvalue weighted by Crippen LogP contribution is -2.55. The lowest BCUT2D eigenvalue weighted by atomic mass is 9.98. The van der Waals surface area contributed by atoms with E-state index in [2.05, 4.69) is 22.0 Å². The van der Waals surface area contributed by atoms with Gasteiger partial charge < -0.3 is 16.0 Å². The van der Waals surface area contributed by atoms with Crippen molar-refractivity contribution >= 4 is 5.91 Å². The number of nitrogens with zero attached hydrogens (tertiary/aromatic N) is 1. The Hall–Kier alpha value is -1.12. The number of hydrogen-bond acceptors (Lipinski definition) is 4. The molecule has 0 aromatic carbocycles. The van der Waals surface area contributed by atoms with Gasteiger partial charge in [0, 0.05) is 31.7 Å². The van der Waals surface area contributed by atoms with E-state index in [0.29, 0.717) is 6.54 Å². The van der Waals surface area contributed by atoms with Gasteiger partial charge in [0.1, 0.15) is 5.92 Å². The smallest absolute Gasteiger partial charge is 0.239 e. The van der Waals surface area contributed by atoms with Gasteiger partial charge in [-0.3, -0.25) is 4.79 Å². The van der Waals surface area contributed by atoms with Gasteiger partial charge in [-0.05, 0) is 13.8 Å². The van der Waals surface area contributed by atoms with E-state index in [9.17, 15) is 4.79 Å². The standard InChI is InChI=1S/C10H18N4O/c1-7(2)14-10(15)8(5-11)9-6-12-3-4-13-9/h7-9,12-13H,3-4,6H2,1-2H3,(H,14,15). The predicted molar refractivity (Wildman–Crippen MR) is 57.0 cm³/mol. The van der Waals surface area contributed by atoms with Gasteiger partial charge in [0.05, 0.1) is 6.07 Å². The fraction of sp³-hybridized carbons (Fsp3) is 0.800. The minimum Gasteiger partial charge on any atom is -0.353 e. The molecule has 0 saturated carbocycles. The van der Waals surface area contributed by atoms with Crippen LogP contribution in [0.1, 0.15) is 13.8 Å². The second-order valence-corrected chi connectivity index (χ2v) is 4.03. The lowest BCUT2D eigenvalue weighted by molar-refractivity contribution is -0.124. The van der Waals surface area contributed by atoms with Crippen LogP contribution in [-0.2, 0) is 4.79 Å². The minimum absolute atomic E-state index is 0.0740. The maximum Gasteiger partial charge on any atom is 0.239 e. The van der Waals surface area contributed by atoms with E-state index in [1.54, 1.807) is 0 Å².